The minimum atomic E-state index is 0.612. The molecule has 1 aliphatic heterocycles. The molecule has 2 heteroatoms. The van der Waals surface area contributed by atoms with E-state index in [4.69, 9.17) is 0 Å². The van der Waals surface area contributed by atoms with Crippen LogP contribution in [0.1, 0.15) is 42.9 Å². The Bertz CT molecular complexity index is 384. The van der Waals surface area contributed by atoms with E-state index in [1.165, 1.54) is 41.9 Å². The lowest BCUT2D eigenvalue weighted by Gasteiger charge is -2.34. The number of thioether (sulfide) groups is 1. The number of fused-ring (bicyclic) bond motifs is 1. The van der Waals surface area contributed by atoms with Gasteiger partial charge in [-0.15, -0.1) is 11.8 Å². The normalized spacial score (nSPS) is 24.9. The predicted molar refractivity (Wildman–Crippen MR) is 70.0 cm³/mol. The fourth-order valence-electron chi connectivity index (χ4n) is 2.55. The molecule has 1 aliphatic carbocycles. The SMILES string of the molecule is Cc1ccc2c(c1)C(NC1CCC1)CCS2. The maximum atomic E-state index is 3.83. The first kappa shape index (κ1) is 10.7. The smallest absolute Gasteiger partial charge is 0.0341 e. The molecule has 86 valence electrons. The Morgan fingerprint density at radius 2 is 2.12 bits per heavy atom. The lowest BCUT2D eigenvalue weighted by molar-refractivity contribution is 0.300. The molecular weight excluding hydrogens is 214 g/mol. The van der Waals surface area contributed by atoms with Gasteiger partial charge in [-0.2, -0.15) is 0 Å². The zero-order valence-corrected chi connectivity index (χ0v) is 10.6. The Morgan fingerprint density at radius 3 is 2.88 bits per heavy atom. The Morgan fingerprint density at radius 1 is 1.25 bits per heavy atom. The summed E-state index contributed by atoms with van der Waals surface area (Å²) in [6, 6.07) is 8.31. The van der Waals surface area contributed by atoms with Crippen LogP contribution in [0, 0.1) is 6.92 Å². The van der Waals surface area contributed by atoms with Gasteiger partial charge in [0.1, 0.15) is 0 Å². The summed E-state index contributed by atoms with van der Waals surface area (Å²) in [5.41, 5.74) is 2.94. The number of rotatable bonds is 2. The van der Waals surface area contributed by atoms with Crippen LogP contribution in [-0.2, 0) is 0 Å². The van der Waals surface area contributed by atoms with Gasteiger partial charge >= 0.3 is 0 Å². The molecule has 1 N–H and O–H groups in total. The topological polar surface area (TPSA) is 12.0 Å². The van der Waals surface area contributed by atoms with E-state index in [-0.39, 0.29) is 0 Å². The quantitative estimate of drug-likeness (QED) is 0.836. The molecule has 0 amide bonds. The van der Waals surface area contributed by atoms with Gasteiger partial charge in [-0.25, -0.2) is 0 Å². The van der Waals surface area contributed by atoms with E-state index in [0.29, 0.717) is 6.04 Å². The summed E-state index contributed by atoms with van der Waals surface area (Å²) in [5.74, 6) is 1.26. The monoisotopic (exact) mass is 233 g/mol. The largest absolute Gasteiger partial charge is 0.307 e. The summed E-state index contributed by atoms with van der Waals surface area (Å²) >= 11 is 2.01. The van der Waals surface area contributed by atoms with Gasteiger partial charge in [0, 0.05) is 17.0 Å². The highest BCUT2D eigenvalue weighted by atomic mass is 32.2. The third-order valence-corrected chi connectivity index (χ3v) is 4.87. The van der Waals surface area contributed by atoms with Crippen LogP contribution in [-0.4, -0.2) is 11.8 Å². The molecule has 1 unspecified atom stereocenters. The molecule has 1 heterocycles. The van der Waals surface area contributed by atoms with Crippen molar-refractivity contribution in [3.05, 3.63) is 29.3 Å². The van der Waals surface area contributed by atoms with Gasteiger partial charge in [-0.1, -0.05) is 24.1 Å². The van der Waals surface area contributed by atoms with Crippen molar-refractivity contribution in [1.29, 1.82) is 0 Å². The molecule has 2 aliphatic rings. The molecular formula is C14H19NS. The summed E-state index contributed by atoms with van der Waals surface area (Å²) in [6.45, 7) is 2.19. The Labute approximate surface area is 102 Å². The number of nitrogens with one attached hydrogen (secondary N) is 1. The summed E-state index contributed by atoms with van der Waals surface area (Å²) < 4.78 is 0. The third-order valence-electron chi connectivity index (χ3n) is 3.75. The molecule has 1 aromatic carbocycles. The van der Waals surface area contributed by atoms with Crippen molar-refractivity contribution in [2.45, 2.75) is 49.6 Å². The standard InChI is InChI=1S/C14H19NS/c1-10-5-6-14-12(9-10)13(7-8-16-14)15-11-3-2-4-11/h5-6,9,11,13,15H,2-4,7-8H2,1H3. The molecule has 3 rings (SSSR count). The van der Waals surface area contributed by atoms with Crippen molar-refractivity contribution in [1.82, 2.24) is 5.32 Å². The second kappa shape index (κ2) is 4.42. The lowest BCUT2D eigenvalue weighted by Crippen LogP contribution is -2.38. The zero-order chi connectivity index (χ0) is 11.0. The number of hydrogen-bond acceptors (Lipinski definition) is 2. The van der Waals surface area contributed by atoms with Crippen molar-refractivity contribution in [3.8, 4) is 0 Å². The second-order valence-electron chi connectivity index (χ2n) is 5.03. The summed E-state index contributed by atoms with van der Waals surface area (Å²) in [4.78, 5) is 1.49. The number of hydrogen-bond donors (Lipinski definition) is 1. The summed E-state index contributed by atoms with van der Waals surface area (Å²) in [6.07, 6.45) is 5.47. The van der Waals surface area contributed by atoms with Crippen molar-refractivity contribution in [3.63, 3.8) is 0 Å². The number of aryl methyl sites for hydroxylation is 1. The molecule has 0 aromatic heterocycles. The van der Waals surface area contributed by atoms with Gasteiger partial charge in [0.2, 0.25) is 0 Å². The van der Waals surface area contributed by atoms with E-state index in [1.54, 1.807) is 5.56 Å². The predicted octanol–water partition coefficient (Wildman–Crippen LogP) is 3.67. The van der Waals surface area contributed by atoms with Gasteiger partial charge in [0.15, 0.2) is 0 Å². The fourth-order valence-corrected chi connectivity index (χ4v) is 3.65. The highest BCUT2D eigenvalue weighted by Crippen LogP contribution is 2.37. The van der Waals surface area contributed by atoms with Crippen LogP contribution >= 0.6 is 11.8 Å². The lowest BCUT2D eigenvalue weighted by atomic mass is 9.90. The molecule has 0 radical (unpaired) electrons. The van der Waals surface area contributed by atoms with E-state index in [0.717, 1.165) is 6.04 Å². The van der Waals surface area contributed by atoms with E-state index in [2.05, 4.69) is 30.4 Å². The van der Waals surface area contributed by atoms with Crippen molar-refractivity contribution in [2.24, 2.45) is 0 Å². The van der Waals surface area contributed by atoms with Crippen LogP contribution in [0.2, 0.25) is 0 Å². The maximum Gasteiger partial charge on any atom is 0.0341 e. The van der Waals surface area contributed by atoms with E-state index in [9.17, 15) is 0 Å². The molecule has 0 saturated heterocycles. The third kappa shape index (κ3) is 2.01. The highest BCUT2D eigenvalue weighted by Gasteiger charge is 2.25. The average Bonchev–Trinajstić information content (AvgIpc) is 2.23. The zero-order valence-electron chi connectivity index (χ0n) is 9.83. The van der Waals surface area contributed by atoms with Gasteiger partial charge < -0.3 is 5.32 Å². The first-order chi connectivity index (χ1) is 7.83. The molecule has 1 fully saturated rings. The van der Waals surface area contributed by atoms with Crippen LogP contribution < -0.4 is 5.32 Å². The Hall–Kier alpha value is -0.470. The molecule has 0 spiro atoms. The van der Waals surface area contributed by atoms with Crippen molar-refractivity contribution < 1.29 is 0 Å². The van der Waals surface area contributed by atoms with Crippen molar-refractivity contribution >= 4 is 11.8 Å². The summed E-state index contributed by atoms with van der Waals surface area (Å²) in [7, 11) is 0. The van der Waals surface area contributed by atoms with Gasteiger partial charge in [-0.05, 0) is 43.6 Å². The van der Waals surface area contributed by atoms with Crippen LogP contribution in [0.3, 0.4) is 0 Å². The molecule has 1 saturated carbocycles. The molecule has 0 bridgehead atoms. The van der Waals surface area contributed by atoms with Crippen LogP contribution in [0.15, 0.2) is 23.1 Å². The van der Waals surface area contributed by atoms with Crippen LogP contribution in [0.4, 0.5) is 0 Å². The Balaban J connectivity index is 1.83. The first-order valence-electron chi connectivity index (χ1n) is 6.32. The van der Waals surface area contributed by atoms with Gasteiger partial charge in [0.25, 0.3) is 0 Å². The molecule has 1 aromatic rings. The van der Waals surface area contributed by atoms with E-state index >= 15 is 0 Å². The second-order valence-corrected chi connectivity index (χ2v) is 6.16. The maximum absolute atomic E-state index is 3.83. The van der Waals surface area contributed by atoms with E-state index in [1.807, 2.05) is 11.8 Å². The van der Waals surface area contributed by atoms with Crippen LogP contribution in [0.5, 0.6) is 0 Å². The molecule has 16 heavy (non-hydrogen) atoms. The average molecular weight is 233 g/mol. The number of benzene rings is 1. The van der Waals surface area contributed by atoms with Gasteiger partial charge in [0.05, 0.1) is 0 Å². The molecule has 1 nitrogen and oxygen atoms in total. The fraction of sp³-hybridized carbons (Fsp3) is 0.571. The van der Waals surface area contributed by atoms with E-state index < -0.39 is 0 Å². The van der Waals surface area contributed by atoms with Crippen molar-refractivity contribution in [2.75, 3.05) is 5.75 Å². The minimum absolute atomic E-state index is 0.612. The highest BCUT2D eigenvalue weighted by molar-refractivity contribution is 7.99. The first-order valence-corrected chi connectivity index (χ1v) is 7.31. The van der Waals surface area contributed by atoms with Gasteiger partial charge in [-0.3, -0.25) is 0 Å². The minimum Gasteiger partial charge on any atom is -0.307 e. The Kier molecular flexibility index (Phi) is 2.95. The molecule has 1 atom stereocenters. The van der Waals surface area contributed by atoms with Crippen LogP contribution in [0.25, 0.3) is 0 Å². The summed E-state index contributed by atoms with van der Waals surface area (Å²) in [5, 5.41) is 3.83.